The summed E-state index contributed by atoms with van der Waals surface area (Å²) < 4.78 is 2.15. The Labute approximate surface area is 143 Å². The van der Waals surface area contributed by atoms with Gasteiger partial charge in [-0.25, -0.2) is 4.79 Å². The summed E-state index contributed by atoms with van der Waals surface area (Å²) in [6, 6.07) is 4.79. The number of benzene rings is 1. The first-order valence-corrected chi connectivity index (χ1v) is 8.30. The lowest BCUT2D eigenvalue weighted by Crippen LogP contribution is -2.41. The molecule has 0 radical (unpaired) electrons. The number of urea groups is 1. The molecule has 0 spiro atoms. The summed E-state index contributed by atoms with van der Waals surface area (Å²) >= 11 is 12.0. The number of hydrogen-bond acceptors (Lipinski definition) is 3. The Morgan fingerprint density at radius 3 is 2.78 bits per heavy atom. The molecule has 2 amide bonds. The smallest absolute Gasteiger partial charge is 0.315 e. The zero-order valence-electron chi connectivity index (χ0n) is 12.3. The average molecular weight is 352 g/mol. The van der Waals surface area contributed by atoms with Crippen LogP contribution in [0.5, 0.6) is 0 Å². The maximum Gasteiger partial charge on any atom is 0.322 e. The second-order valence-electron chi connectivity index (χ2n) is 5.88. The predicted molar refractivity (Wildman–Crippen MR) is 87.9 cm³/mol. The monoisotopic (exact) mass is 351 g/mol. The molecule has 1 aliphatic heterocycles. The van der Waals surface area contributed by atoms with Crippen molar-refractivity contribution in [3.63, 3.8) is 0 Å². The van der Waals surface area contributed by atoms with E-state index in [4.69, 9.17) is 23.2 Å². The van der Waals surface area contributed by atoms with Crippen LogP contribution in [-0.4, -0.2) is 32.2 Å². The highest BCUT2D eigenvalue weighted by Crippen LogP contribution is 2.39. The van der Waals surface area contributed by atoms with Crippen LogP contribution in [-0.2, 0) is 13.1 Å². The van der Waals surface area contributed by atoms with Crippen molar-refractivity contribution in [2.24, 2.45) is 0 Å². The van der Waals surface area contributed by atoms with Crippen LogP contribution in [0.3, 0.4) is 0 Å². The Bertz CT molecular complexity index is 771. The molecular weight excluding hydrogens is 337 g/mol. The Morgan fingerprint density at radius 1 is 1.22 bits per heavy atom. The summed E-state index contributed by atoms with van der Waals surface area (Å²) in [6.07, 6.45) is 2.38. The number of nitrogens with one attached hydrogen (secondary N) is 1. The van der Waals surface area contributed by atoms with Crippen LogP contribution < -0.4 is 5.32 Å². The van der Waals surface area contributed by atoms with Crippen LogP contribution in [0.2, 0.25) is 10.0 Å². The first-order chi connectivity index (χ1) is 11.1. The summed E-state index contributed by atoms with van der Waals surface area (Å²) in [5.74, 6) is 2.47. The summed E-state index contributed by atoms with van der Waals surface area (Å²) in [7, 11) is 0. The molecule has 2 aromatic rings. The molecule has 2 heterocycles. The molecule has 1 saturated carbocycles. The minimum Gasteiger partial charge on any atom is -0.315 e. The lowest BCUT2D eigenvalue weighted by atomic mass is 10.3. The van der Waals surface area contributed by atoms with E-state index in [1.54, 1.807) is 23.1 Å². The SMILES string of the molecule is O=C(Nc1ccc(Cl)cc1Cl)N1CCn2c(nnc2C2CC2)C1. The molecule has 1 aromatic heterocycles. The molecular formula is C15H15Cl2N5O. The fourth-order valence-corrected chi connectivity index (χ4v) is 3.24. The fourth-order valence-electron chi connectivity index (χ4n) is 2.78. The maximum atomic E-state index is 12.4. The van der Waals surface area contributed by atoms with Crippen molar-refractivity contribution in [2.45, 2.75) is 31.8 Å². The number of hydrogen-bond donors (Lipinski definition) is 1. The van der Waals surface area contributed by atoms with Crippen LogP contribution in [0.25, 0.3) is 0 Å². The molecule has 0 atom stereocenters. The molecule has 1 aromatic carbocycles. The zero-order valence-corrected chi connectivity index (χ0v) is 13.8. The summed E-state index contributed by atoms with van der Waals surface area (Å²) in [5, 5.41) is 12.3. The zero-order chi connectivity index (χ0) is 16.0. The van der Waals surface area contributed by atoms with E-state index in [2.05, 4.69) is 20.1 Å². The van der Waals surface area contributed by atoms with Gasteiger partial charge in [-0.05, 0) is 31.0 Å². The molecule has 2 aliphatic rings. The van der Waals surface area contributed by atoms with Gasteiger partial charge in [0.2, 0.25) is 0 Å². The van der Waals surface area contributed by atoms with Crippen molar-refractivity contribution in [1.29, 1.82) is 0 Å². The topological polar surface area (TPSA) is 63.1 Å². The molecule has 1 aliphatic carbocycles. The van der Waals surface area contributed by atoms with Gasteiger partial charge < -0.3 is 14.8 Å². The number of nitrogens with zero attached hydrogens (tertiary/aromatic N) is 4. The largest absolute Gasteiger partial charge is 0.322 e. The van der Waals surface area contributed by atoms with Gasteiger partial charge in [-0.1, -0.05) is 23.2 Å². The van der Waals surface area contributed by atoms with E-state index in [1.807, 2.05) is 0 Å². The lowest BCUT2D eigenvalue weighted by molar-refractivity contribution is 0.195. The number of anilines is 1. The molecule has 0 unspecified atom stereocenters. The normalized spacial score (nSPS) is 17.0. The maximum absolute atomic E-state index is 12.4. The van der Waals surface area contributed by atoms with E-state index in [1.165, 1.54) is 12.8 Å². The molecule has 4 rings (SSSR count). The minimum absolute atomic E-state index is 0.198. The van der Waals surface area contributed by atoms with Crippen LogP contribution in [0.4, 0.5) is 10.5 Å². The highest BCUT2D eigenvalue weighted by atomic mass is 35.5. The fraction of sp³-hybridized carbons (Fsp3) is 0.400. The van der Waals surface area contributed by atoms with Crippen LogP contribution in [0.1, 0.15) is 30.4 Å². The molecule has 8 heteroatoms. The summed E-state index contributed by atoms with van der Waals surface area (Å²) in [4.78, 5) is 14.1. The Kier molecular flexibility index (Phi) is 3.66. The van der Waals surface area contributed by atoms with Gasteiger partial charge in [0.15, 0.2) is 5.82 Å². The number of halogens is 2. The van der Waals surface area contributed by atoms with Crippen molar-refractivity contribution in [3.05, 3.63) is 39.9 Å². The van der Waals surface area contributed by atoms with Crippen LogP contribution >= 0.6 is 23.2 Å². The molecule has 120 valence electrons. The van der Waals surface area contributed by atoms with E-state index in [-0.39, 0.29) is 6.03 Å². The lowest BCUT2D eigenvalue weighted by Gasteiger charge is -2.28. The Balaban J connectivity index is 1.47. The third-order valence-electron chi connectivity index (χ3n) is 4.18. The van der Waals surface area contributed by atoms with E-state index >= 15 is 0 Å². The highest BCUT2D eigenvalue weighted by Gasteiger charge is 2.32. The molecule has 0 saturated heterocycles. The van der Waals surface area contributed by atoms with Gasteiger partial charge in [0, 0.05) is 24.0 Å². The van der Waals surface area contributed by atoms with Crippen molar-refractivity contribution < 1.29 is 4.79 Å². The van der Waals surface area contributed by atoms with Crippen molar-refractivity contribution in [1.82, 2.24) is 19.7 Å². The number of amides is 2. The van der Waals surface area contributed by atoms with Gasteiger partial charge in [0.05, 0.1) is 17.3 Å². The number of aromatic nitrogens is 3. The molecule has 23 heavy (non-hydrogen) atoms. The second kappa shape index (κ2) is 5.69. The summed E-state index contributed by atoms with van der Waals surface area (Å²) in [6.45, 7) is 1.81. The Hall–Kier alpha value is -1.79. The van der Waals surface area contributed by atoms with Crippen molar-refractivity contribution in [2.75, 3.05) is 11.9 Å². The number of carbonyl (C=O) groups is 1. The van der Waals surface area contributed by atoms with E-state index in [9.17, 15) is 4.79 Å². The average Bonchev–Trinajstić information content (AvgIpc) is 3.29. The van der Waals surface area contributed by atoms with Crippen LogP contribution in [0, 0.1) is 0 Å². The van der Waals surface area contributed by atoms with Gasteiger partial charge in [0.25, 0.3) is 0 Å². The summed E-state index contributed by atoms with van der Waals surface area (Å²) in [5.41, 5.74) is 0.548. The van der Waals surface area contributed by atoms with Crippen molar-refractivity contribution >= 4 is 34.9 Å². The third kappa shape index (κ3) is 2.88. The second-order valence-corrected chi connectivity index (χ2v) is 6.72. The Morgan fingerprint density at radius 2 is 2.04 bits per heavy atom. The number of carbonyl (C=O) groups excluding carboxylic acids is 1. The van der Waals surface area contributed by atoms with E-state index in [0.29, 0.717) is 34.7 Å². The van der Waals surface area contributed by atoms with E-state index < -0.39 is 0 Å². The van der Waals surface area contributed by atoms with Gasteiger partial charge in [-0.15, -0.1) is 10.2 Å². The predicted octanol–water partition coefficient (Wildman–Crippen LogP) is 3.51. The standard InChI is InChI=1S/C15H15Cl2N5O/c16-10-3-4-12(11(17)7-10)18-15(23)21-5-6-22-13(8-21)19-20-14(22)9-1-2-9/h3-4,7,9H,1-2,5-6,8H2,(H,18,23). The molecule has 1 N–H and O–H groups in total. The molecule has 1 fully saturated rings. The number of fused-ring (bicyclic) bond motifs is 1. The quantitative estimate of drug-likeness (QED) is 0.900. The van der Waals surface area contributed by atoms with Gasteiger partial charge in [-0.2, -0.15) is 0 Å². The highest BCUT2D eigenvalue weighted by molar-refractivity contribution is 6.36. The third-order valence-corrected chi connectivity index (χ3v) is 4.73. The van der Waals surface area contributed by atoms with Gasteiger partial charge in [-0.3, -0.25) is 0 Å². The van der Waals surface area contributed by atoms with Crippen LogP contribution in [0.15, 0.2) is 18.2 Å². The minimum atomic E-state index is -0.198. The number of rotatable bonds is 2. The first-order valence-electron chi connectivity index (χ1n) is 7.55. The van der Waals surface area contributed by atoms with Gasteiger partial charge in [0.1, 0.15) is 5.82 Å². The van der Waals surface area contributed by atoms with Crippen molar-refractivity contribution in [3.8, 4) is 0 Å². The van der Waals surface area contributed by atoms with Gasteiger partial charge >= 0.3 is 6.03 Å². The van der Waals surface area contributed by atoms with E-state index in [0.717, 1.165) is 18.2 Å². The first kappa shape index (κ1) is 14.8. The molecule has 0 bridgehead atoms. The molecule has 6 nitrogen and oxygen atoms in total.